The second-order valence-corrected chi connectivity index (χ2v) is 16.9. The number of hydrogen-bond donors (Lipinski definition) is 0. The zero-order chi connectivity index (χ0) is 16.5. The van der Waals surface area contributed by atoms with Crippen LogP contribution in [0, 0.1) is 11.5 Å². The molecule has 0 saturated heterocycles. The molecule has 0 aliphatic heterocycles. The average Bonchev–Trinajstić information content (AvgIpc) is 2.30. The molecule has 2 nitrogen and oxygen atoms in total. The van der Waals surface area contributed by atoms with Gasteiger partial charge in [-0.3, -0.25) is 0 Å². The lowest BCUT2D eigenvalue weighted by molar-refractivity contribution is -0.103. The van der Waals surface area contributed by atoms with Crippen molar-refractivity contribution in [1.82, 2.24) is 0 Å². The predicted octanol–water partition coefficient (Wildman–Crippen LogP) is 4.63. The molecule has 0 aromatic heterocycles. The van der Waals surface area contributed by atoms with Gasteiger partial charge in [-0.25, -0.2) is 0 Å². The summed E-state index contributed by atoms with van der Waals surface area (Å²) >= 11 is 0. The lowest BCUT2D eigenvalue weighted by atomic mass is 10.3. The van der Waals surface area contributed by atoms with Crippen molar-refractivity contribution in [3.63, 3.8) is 0 Å². The first-order chi connectivity index (χ1) is 9.57. The summed E-state index contributed by atoms with van der Waals surface area (Å²) in [6, 6.07) is 0. The Morgan fingerprint density at radius 2 is 1.52 bits per heavy atom. The van der Waals surface area contributed by atoms with Crippen molar-refractivity contribution in [1.29, 1.82) is 0 Å². The van der Waals surface area contributed by atoms with Crippen molar-refractivity contribution < 1.29 is 9.47 Å². The van der Waals surface area contributed by atoms with Gasteiger partial charge in [0.15, 0.2) is 6.29 Å². The molecule has 0 fully saturated rings. The van der Waals surface area contributed by atoms with Crippen LogP contribution >= 0.6 is 0 Å². The smallest absolute Gasteiger partial charge is 0.177 e. The summed E-state index contributed by atoms with van der Waals surface area (Å²) in [4.78, 5) is 0. The Bertz CT molecular complexity index is 409. The van der Waals surface area contributed by atoms with E-state index >= 15 is 0 Å². The van der Waals surface area contributed by atoms with Gasteiger partial charge in [0.1, 0.15) is 8.07 Å². The molecular weight excluding hydrogens is 292 g/mol. The van der Waals surface area contributed by atoms with E-state index in [1.807, 2.05) is 19.9 Å². The maximum atomic E-state index is 5.54. The van der Waals surface area contributed by atoms with Crippen LogP contribution in [0.4, 0.5) is 0 Å². The number of ether oxygens (including phenoxy) is 2. The number of allylic oxidation sites excluding steroid dienone is 2. The fourth-order valence-electron chi connectivity index (χ4n) is 1.52. The molecule has 0 aromatic carbocycles. The van der Waals surface area contributed by atoms with E-state index in [1.165, 1.54) is 0 Å². The van der Waals surface area contributed by atoms with Gasteiger partial charge in [0, 0.05) is 18.8 Å². The molecule has 0 heterocycles. The number of rotatable bonds is 7. The monoisotopic (exact) mass is 324 g/mol. The van der Waals surface area contributed by atoms with Gasteiger partial charge in [-0.2, -0.15) is 0 Å². The Labute approximate surface area is 133 Å². The highest BCUT2D eigenvalue weighted by Crippen LogP contribution is 2.10. The highest BCUT2D eigenvalue weighted by atomic mass is 28.3. The molecule has 0 N–H and O–H groups in total. The summed E-state index contributed by atoms with van der Waals surface area (Å²) in [5.41, 5.74) is 6.88. The van der Waals surface area contributed by atoms with Crippen molar-refractivity contribution in [2.75, 3.05) is 13.2 Å². The molecule has 0 aliphatic rings. The largest absolute Gasteiger partial charge is 0.349 e. The summed E-state index contributed by atoms with van der Waals surface area (Å²) in [6.45, 7) is 19.0. The van der Waals surface area contributed by atoms with Crippen molar-refractivity contribution in [3.8, 4) is 11.5 Å². The zero-order valence-electron chi connectivity index (χ0n) is 15.0. The highest BCUT2D eigenvalue weighted by molar-refractivity contribution is 6.84. The third-order valence-corrected chi connectivity index (χ3v) is 4.32. The Balaban J connectivity index is 5.22. The van der Waals surface area contributed by atoms with Crippen LogP contribution < -0.4 is 0 Å². The summed E-state index contributed by atoms with van der Waals surface area (Å²) < 4.78 is 11.1. The molecule has 0 amide bonds. The fraction of sp³-hybridized carbons (Fsp3) is 0.647. The lowest BCUT2D eigenvalue weighted by Gasteiger charge is -2.13. The van der Waals surface area contributed by atoms with Gasteiger partial charge in [-0.15, -0.1) is 5.54 Å². The van der Waals surface area contributed by atoms with Crippen molar-refractivity contribution in [3.05, 3.63) is 23.4 Å². The lowest BCUT2D eigenvalue weighted by Crippen LogP contribution is -2.18. The molecule has 0 unspecified atom stereocenters. The Kier molecular flexibility index (Phi) is 9.15. The van der Waals surface area contributed by atoms with Gasteiger partial charge in [-0.1, -0.05) is 50.9 Å². The first-order valence-corrected chi connectivity index (χ1v) is 14.8. The summed E-state index contributed by atoms with van der Waals surface area (Å²) in [5.74, 6) is 3.37. The third kappa shape index (κ3) is 12.8. The molecule has 21 heavy (non-hydrogen) atoms. The Morgan fingerprint density at radius 3 is 1.90 bits per heavy atom. The molecule has 0 aromatic rings. The van der Waals surface area contributed by atoms with Crippen LogP contribution in [-0.2, 0) is 9.47 Å². The normalized spacial score (nSPS) is 13.7. The minimum absolute atomic E-state index is 0.279. The molecule has 120 valence electrons. The molecule has 0 spiro atoms. The van der Waals surface area contributed by atoms with Crippen LogP contribution in [0.25, 0.3) is 0 Å². The minimum Gasteiger partial charge on any atom is -0.349 e. The molecular formula is C17H32O2Si2. The van der Waals surface area contributed by atoms with Crippen LogP contribution in [0.1, 0.15) is 13.8 Å². The third-order valence-electron chi connectivity index (χ3n) is 2.27. The van der Waals surface area contributed by atoms with Crippen LogP contribution in [-0.4, -0.2) is 35.7 Å². The first kappa shape index (κ1) is 20.4. The maximum Gasteiger partial charge on any atom is 0.177 e. The maximum absolute atomic E-state index is 5.54. The fourth-order valence-corrected chi connectivity index (χ4v) is 3.14. The molecule has 0 rings (SSSR count). The number of hydrogen-bond acceptors (Lipinski definition) is 2. The predicted molar refractivity (Wildman–Crippen MR) is 98.7 cm³/mol. The molecule has 0 radical (unpaired) electrons. The van der Waals surface area contributed by atoms with Crippen LogP contribution in [0.3, 0.4) is 0 Å². The van der Waals surface area contributed by atoms with E-state index in [1.54, 1.807) is 0 Å². The molecule has 0 aliphatic carbocycles. The standard InChI is InChI=1S/C17H32O2Si2/c1-9-18-17(19-10-2)12-11-16(15-21(6,7)8)13-14-20(3,4)5/h11-12,15,17H,9-10H2,1-8H3/b12-11+,16-15-. The van der Waals surface area contributed by atoms with Crippen LogP contribution in [0.15, 0.2) is 23.4 Å². The van der Waals surface area contributed by atoms with E-state index in [4.69, 9.17) is 9.47 Å². The van der Waals surface area contributed by atoms with Crippen molar-refractivity contribution in [2.24, 2.45) is 0 Å². The van der Waals surface area contributed by atoms with E-state index in [0.29, 0.717) is 13.2 Å². The van der Waals surface area contributed by atoms with Gasteiger partial charge >= 0.3 is 0 Å². The Hall–Kier alpha value is -0.606. The highest BCUT2D eigenvalue weighted by Gasteiger charge is 2.11. The Morgan fingerprint density at radius 1 is 1.00 bits per heavy atom. The van der Waals surface area contributed by atoms with Crippen LogP contribution in [0.5, 0.6) is 0 Å². The first-order valence-electron chi connectivity index (χ1n) is 7.75. The van der Waals surface area contributed by atoms with Gasteiger partial charge < -0.3 is 9.47 Å². The van der Waals surface area contributed by atoms with Gasteiger partial charge in [0.2, 0.25) is 0 Å². The van der Waals surface area contributed by atoms with Crippen LogP contribution in [0.2, 0.25) is 39.3 Å². The van der Waals surface area contributed by atoms with Gasteiger partial charge in [0.25, 0.3) is 0 Å². The van der Waals surface area contributed by atoms with E-state index in [-0.39, 0.29) is 6.29 Å². The second kappa shape index (κ2) is 9.42. The molecule has 0 saturated carbocycles. The van der Waals surface area contributed by atoms with E-state index in [0.717, 1.165) is 5.57 Å². The van der Waals surface area contributed by atoms with Crippen molar-refractivity contribution >= 4 is 16.1 Å². The summed E-state index contributed by atoms with van der Waals surface area (Å²) in [5, 5.41) is 0. The van der Waals surface area contributed by atoms with E-state index in [2.05, 4.69) is 62.5 Å². The quantitative estimate of drug-likeness (QED) is 0.294. The van der Waals surface area contributed by atoms with Gasteiger partial charge in [-0.05, 0) is 26.0 Å². The molecule has 0 bridgehead atoms. The van der Waals surface area contributed by atoms with Gasteiger partial charge in [0.05, 0.1) is 8.07 Å². The molecule has 4 heteroatoms. The van der Waals surface area contributed by atoms with E-state index < -0.39 is 16.1 Å². The minimum atomic E-state index is -1.36. The van der Waals surface area contributed by atoms with Crippen molar-refractivity contribution in [2.45, 2.75) is 59.4 Å². The zero-order valence-corrected chi connectivity index (χ0v) is 17.0. The van der Waals surface area contributed by atoms with E-state index in [9.17, 15) is 0 Å². The average molecular weight is 325 g/mol. The topological polar surface area (TPSA) is 18.5 Å². The summed E-state index contributed by atoms with van der Waals surface area (Å²) in [7, 11) is -2.67. The summed E-state index contributed by atoms with van der Waals surface area (Å²) in [6.07, 6.45) is 3.75. The molecule has 0 atom stereocenters. The second-order valence-electron chi connectivity index (χ2n) is 7.10. The SMILES string of the molecule is CCOC(/C=C/C(C#C[Si](C)(C)C)=C/[Si](C)(C)C)OCC.